The number of furan rings is 1. The van der Waals surface area contributed by atoms with Gasteiger partial charge in [-0.05, 0) is 94.0 Å². The first-order valence-electron chi connectivity index (χ1n) is 27.1. The van der Waals surface area contributed by atoms with Crippen LogP contribution < -0.4 is 4.90 Å². The molecule has 1 N–H and O–H groups in total. The number of fused-ring (bicyclic) bond motifs is 4. The van der Waals surface area contributed by atoms with E-state index in [1.807, 2.05) is 23.5 Å². The molecule has 8 aromatic rings. The lowest BCUT2D eigenvalue weighted by Gasteiger charge is -2.55. The highest BCUT2D eigenvalue weighted by Gasteiger charge is 2.52. The smallest absolute Gasteiger partial charge is 0.346 e. The molecule has 0 saturated carbocycles. The van der Waals surface area contributed by atoms with Crippen molar-refractivity contribution < 1.29 is 14.3 Å². The zero-order valence-electron chi connectivity index (χ0n) is 43.9. The number of benzene rings is 4. The van der Waals surface area contributed by atoms with Crippen molar-refractivity contribution in [2.45, 2.75) is 174 Å². The van der Waals surface area contributed by atoms with Crippen molar-refractivity contribution in [3.05, 3.63) is 116 Å². The number of carboxylic acid groups (broad SMARTS) is 1. The summed E-state index contributed by atoms with van der Waals surface area (Å²) in [7, 11) is 0. The van der Waals surface area contributed by atoms with Crippen LogP contribution in [0.5, 0.6) is 0 Å². The van der Waals surface area contributed by atoms with Crippen molar-refractivity contribution >= 4 is 95.1 Å². The van der Waals surface area contributed by atoms with Crippen LogP contribution in [0.3, 0.4) is 0 Å². The predicted molar refractivity (Wildman–Crippen MR) is 307 cm³/mol. The zero-order chi connectivity index (χ0) is 51.0. The molecule has 4 aromatic heterocycles. The number of aliphatic carboxylic acids is 1. The van der Waals surface area contributed by atoms with Crippen molar-refractivity contribution in [2.75, 3.05) is 4.90 Å². The molecule has 0 bridgehead atoms. The molecule has 0 amide bonds. The summed E-state index contributed by atoms with van der Waals surface area (Å²) >= 11 is 4.57. The minimum Gasteiger partial charge on any atom is -0.477 e. The van der Waals surface area contributed by atoms with Gasteiger partial charge in [-0.2, -0.15) is 14.0 Å². The predicted octanol–water partition coefficient (Wildman–Crippen LogP) is 19.0. The van der Waals surface area contributed by atoms with E-state index in [0.29, 0.717) is 16.6 Å². The van der Waals surface area contributed by atoms with Gasteiger partial charge in [0.2, 0.25) is 0 Å². The number of carbonyl (C=O) groups is 1. The Morgan fingerprint density at radius 2 is 1.05 bits per heavy atom. The second-order valence-electron chi connectivity index (χ2n) is 22.8. The maximum Gasteiger partial charge on any atom is 0.346 e. The van der Waals surface area contributed by atoms with Gasteiger partial charge < -0.3 is 14.4 Å². The van der Waals surface area contributed by atoms with E-state index in [0.717, 1.165) is 55.6 Å². The van der Waals surface area contributed by atoms with Gasteiger partial charge >= 0.3 is 5.97 Å². The van der Waals surface area contributed by atoms with Crippen LogP contribution in [-0.2, 0) is 33.9 Å². The monoisotopic (exact) mass is 1020 g/mol. The van der Waals surface area contributed by atoms with E-state index in [9.17, 15) is 15.2 Å². The Morgan fingerprint density at radius 1 is 0.616 bits per heavy atom. The number of nitrogens with zero attached hydrogens (tertiary/aromatic N) is 4. The first kappa shape index (κ1) is 49.6. The standard InChI is InChI=1S/C63H68N4O3S3/c1-9-11-13-15-17-19-21-23-37-27-43-55-45(29-37)62(5,6)47-32-40(33-48-57(47)67(55)56-44(61(43,3)4)28-38(30-46(56)63(48,7)8)24-22-20-18-16-14-12-10-2)51-34-49-58(71-51)59-50(70-49)35-52(72-59)42-26-25-39(31-41(36-64)60(68)69)53-54(42)66-73-65-53/h25-35H,9-24H2,1-8H3,(H,68,69)/b41-31+. The van der Waals surface area contributed by atoms with Crippen LogP contribution in [-0.4, -0.2) is 19.8 Å². The second kappa shape index (κ2) is 19.3. The zero-order valence-corrected chi connectivity index (χ0v) is 46.4. The largest absolute Gasteiger partial charge is 0.477 e. The maximum atomic E-state index is 11.7. The molecule has 0 unspecified atom stereocenters. The number of aryl methyl sites for hydroxylation is 2. The van der Waals surface area contributed by atoms with Crippen LogP contribution in [0.25, 0.3) is 58.6 Å². The molecule has 7 nitrogen and oxygen atoms in total. The molecule has 3 aliphatic rings. The second-order valence-corrected chi connectivity index (χ2v) is 25.4. The summed E-state index contributed by atoms with van der Waals surface area (Å²) in [4.78, 5) is 16.6. The molecule has 376 valence electrons. The number of unbranched alkanes of at least 4 members (excludes halogenated alkanes) is 12. The SMILES string of the molecule is CCCCCCCCCc1cc2c3c(c1)C(C)(C)c1cc(-c4cc5oc6cc(-c7ccc(/C=C(\C#N)C(=O)O)c8nsnc78)sc6c5s4)cc4c1N3c1c(cc(CCCCCCCCC)cc1C4(C)C)C2(C)C. The fourth-order valence-corrected chi connectivity index (χ4v) is 15.4. The summed E-state index contributed by atoms with van der Waals surface area (Å²) in [6, 6.07) is 25.4. The van der Waals surface area contributed by atoms with Crippen molar-refractivity contribution in [3.8, 4) is 27.0 Å². The van der Waals surface area contributed by atoms with Crippen molar-refractivity contribution in [3.63, 3.8) is 0 Å². The normalized spacial score (nSPS) is 15.7. The topological polar surface area (TPSA) is 103 Å². The Kier molecular flexibility index (Phi) is 13.1. The highest BCUT2D eigenvalue weighted by atomic mass is 32.1. The lowest BCUT2D eigenvalue weighted by Crippen LogP contribution is -2.44. The molecule has 73 heavy (non-hydrogen) atoms. The highest BCUT2D eigenvalue weighted by Crippen LogP contribution is 2.67. The van der Waals surface area contributed by atoms with Gasteiger partial charge in [-0.1, -0.05) is 169 Å². The van der Waals surface area contributed by atoms with Gasteiger partial charge in [0.1, 0.15) is 33.8 Å². The van der Waals surface area contributed by atoms with Crippen LogP contribution in [0, 0.1) is 11.3 Å². The van der Waals surface area contributed by atoms with E-state index >= 15 is 0 Å². The molecule has 0 saturated heterocycles. The quantitative estimate of drug-likeness (QED) is 0.0461. The van der Waals surface area contributed by atoms with Crippen molar-refractivity contribution in [1.29, 1.82) is 5.26 Å². The fraction of sp³-hybridized carbons (Fsp3) is 0.429. The minimum atomic E-state index is -1.27. The third-order valence-corrected chi connectivity index (χ3v) is 19.8. The molecule has 0 fully saturated rings. The van der Waals surface area contributed by atoms with Gasteiger partial charge in [0.25, 0.3) is 0 Å². The summed E-state index contributed by atoms with van der Waals surface area (Å²) < 4.78 is 18.1. The summed E-state index contributed by atoms with van der Waals surface area (Å²) in [5.41, 5.74) is 20.4. The van der Waals surface area contributed by atoms with Gasteiger partial charge in [-0.15, -0.1) is 22.7 Å². The molecule has 11 rings (SSSR count). The number of anilines is 3. The lowest BCUT2D eigenvalue weighted by atomic mass is 9.60. The summed E-state index contributed by atoms with van der Waals surface area (Å²) in [6.07, 6.45) is 21.9. The van der Waals surface area contributed by atoms with Gasteiger partial charge in [0, 0.05) is 49.3 Å². The average molecular weight is 1030 g/mol. The number of hydrogen-bond acceptors (Lipinski definition) is 9. The molecule has 4 aromatic carbocycles. The third-order valence-electron chi connectivity index (χ3n) is 16.8. The molecule has 3 aliphatic heterocycles. The van der Waals surface area contributed by atoms with Gasteiger partial charge in [-0.3, -0.25) is 0 Å². The summed E-state index contributed by atoms with van der Waals surface area (Å²) in [5.74, 6) is -1.27. The van der Waals surface area contributed by atoms with Gasteiger partial charge in [0.15, 0.2) is 0 Å². The lowest BCUT2D eigenvalue weighted by molar-refractivity contribution is -0.132. The van der Waals surface area contributed by atoms with E-state index in [-0.39, 0.29) is 21.8 Å². The molecule has 10 heteroatoms. The molecule has 7 heterocycles. The minimum absolute atomic E-state index is 0.163. The van der Waals surface area contributed by atoms with E-state index in [1.54, 1.807) is 17.4 Å². The maximum absolute atomic E-state index is 11.7. The third kappa shape index (κ3) is 8.37. The van der Waals surface area contributed by atoms with Crippen LogP contribution in [0.1, 0.15) is 195 Å². The van der Waals surface area contributed by atoms with Crippen molar-refractivity contribution in [2.24, 2.45) is 0 Å². The summed E-state index contributed by atoms with van der Waals surface area (Å²) in [6.45, 7) is 19.6. The molecule has 0 spiro atoms. The Hall–Kier alpha value is -5.60. The fourth-order valence-electron chi connectivity index (χ4n) is 12.5. The molecule has 0 atom stereocenters. The van der Waals surface area contributed by atoms with Crippen molar-refractivity contribution in [1.82, 2.24) is 8.75 Å². The summed E-state index contributed by atoms with van der Waals surface area (Å²) in [5, 5.41) is 19.0. The Balaban J connectivity index is 1.01. The first-order chi connectivity index (χ1) is 35.2. The number of rotatable bonds is 20. The van der Waals surface area contributed by atoms with Gasteiger partial charge in [0.05, 0.1) is 38.2 Å². The Morgan fingerprint density at radius 3 is 1.53 bits per heavy atom. The van der Waals surface area contributed by atoms with Crippen LogP contribution in [0.4, 0.5) is 17.1 Å². The number of aromatic nitrogens is 2. The van der Waals surface area contributed by atoms with Gasteiger partial charge in [-0.25, -0.2) is 4.79 Å². The highest BCUT2D eigenvalue weighted by molar-refractivity contribution is 7.30. The van der Waals surface area contributed by atoms with E-state index in [2.05, 4.69) is 118 Å². The number of hydrogen-bond donors (Lipinski definition) is 1. The molecule has 0 aliphatic carbocycles. The average Bonchev–Trinajstić information content (AvgIpc) is 4.18. The number of thiophene rings is 2. The van der Waals surface area contributed by atoms with E-state index < -0.39 is 5.97 Å². The van der Waals surface area contributed by atoms with Crippen LogP contribution in [0.15, 0.2) is 70.7 Å². The first-order valence-corrected chi connectivity index (χ1v) is 29.5. The number of nitriles is 1. The Bertz CT molecular complexity index is 3440. The molecular weight excluding hydrogens is 957 g/mol. The van der Waals surface area contributed by atoms with Crippen LogP contribution >= 0.6 is 34.4 Å². The Labute approximate surface area is 443 Å². The molecule has 0 radical (unpaired) electrons. The van der Waals surface area contributed by atoms with E-state index in [1.165, 1.54) is 168 Å². The van der Waals surface area contributed by atoms with Crippen LogP contribution in [0.2, 0.25) is 0 Å². The number of carboxylic acids is 1. The van der Waals surface area contributed by atoms with E-state index in [4.69, 9.17) is 4.42 Å². The molecular formula is C63H68N4O3S3.